The van der Waals surface area contributed by atoms with E-state index >= 15 is 0 Å². The minimum Gasteiger partial charge on any atom is -0.504 e. The Balaban J connectivity index is 3.06. The predicted octanol–water partition coefficient (Wildman–Crippen LogP) is 1.48. The molecule has 14 heavy (non-hydrogen) atoms. The molecule has 3 N–H and O–H groups in total. The first-order valence-corrected chi connectivity index (χ1v) is 4.73. The van der Waals surface area contributed by atoms with Crippen LogP contribution in [0.25, 0.3) is 0 Å². The number of rotatable bonds is 3. The number of hydrogen-bond donors (Lipinski definition) is 3. The van der Waals surface area contributed by atoms with Crippen molar-refractivity contribution in [2.45, 2.75) is 20.3 Å². The van der Waals surface area contributed by atoms with Gasteiger partial charge in [-0.1, -0.05) is 6.07 Å². The molecule has 3 nitrogen and oxygen atoms in total. The molecule has 0 radical (unpaired) electrons. The van der Waals surface area contributed by atoms with E-state index in [1.54, 1.807) is 6.92 Å². The number of aromatic hydroxyl groups is 2. The zero-order valence-corrected chi connectivity index (χ0v) is 8.89. The lowest BCUT2D eigenvalue weighted by atomic mass is 10.0. The molecule has 1 aromatic carbocycles. The van der Waals surface area contributed by atoms with Gasteiger partial charge in [0.15, 0.2) is 11.5 Å². The molecule has 0 aromatic heterocycles. The third-order valence-corrected chi connectivity index (χ3v) is 2.51. The van der Waals surface area contributed by atoms with Gasteiger partial charge in [0.05, 0.1) is 0 Å². The van der Waals surface area contributed by atoms with Crippen LogP contribution in [-0.2, 0) is 6.42 Å². The van der Waals surface area contributed by atoms with Gasteiger partial charge in [-0.3, -0.25) is 0 Å². The Hall–Kier alpha value is -1.22. The van der Waals surface area contributed by atoms with Crippen LogP contribution in [-0.4, -0.2) is 23.8 Å². The average Bonchev–Trinajstić information content (AvgIpc) is 2.18. The Bertz CT molecular complexity index is 335. The normalized spacial score (nSPS) is 10.5. The van der Waals surface area contributed by atoms with Gasteiger partial charge in [0.2, 0.25) is 0 Å². The summed E-state index contributed by atoms with van der Waals surface area (Å²) < 4.78 is 0. The van der Waals surface area contributed by atoms with E-state index in [0.29, 0.717) is 0 Å². The average molecular weight is 195 g/mol. The van der Waals surface area contributed by atoms with Crippen LogP contribution in [0, 0.1) is 13.8 Å². The second-order valence-electron chi connectivity index (χ2n) is 3.53. The Morgan fingerprint density at radius 3 is 2.43 bits per heavy atom. The smallest absolute Gasteiger partial charge is 0.161 e. The number of phenolic OH excluding ortho intramolecular Hbond substituents is 2. The van der Waals surface area contributed by atoms with Crippen molar-refractivity contribution in [3.63, 3.8) is 0 Å². The van der Waals surface area contributed by atoms with Gasteiger partial charge >= 0.3 is 0 Å². The molecule has 0 heterocycles. The standard InChI is InChI=1S/C11H17NO2/c1-7-6-9(4-5-12-3)11(14)10(13)8(7)2/h6,12-14H,4-5H2,1-3H3. The van der Waals surface area contributed by atoms with Gasteiger partial charge in [-0.2, -0.15) is 0 Å². The fourth-order valence-corrected chi connectivity index (χ4v) is 1.40. The molecule has 0 saturated carbocycles. The highest BCUT2D eigenvalue weighted by Crippen LogP contribution is 2.34. The molecule has 1 rings (SSSR count). The second kappa shape index (κ2) is 4.33. The van der Waals surface area contributed by atoms with Crippen LogP contribution in [0.5, 0.6) is 11.5 Å². The highest BCUT2D eigenvalue weighted by Gasteiger charge is 2.11. The maximum absolute atomic E-state index is 9.65. The predicted molar refractivity (Wildman–Crippen MR) is 56.9 cm³/mol. The Kier molecular flexibility index (Phi) is 3.36. The monoisotopic (exact) mass is 195 g/mol. The first kappa shape index (κ1) is 10.9. The molecule has 0 aliphatic heterocycles. The summed E-state index contributed by atoms with van der Waals surface area (Å²) >= 11 is 0. The van der Waals surface area contributed by atoms with E-state index in [2.05, 4.69) is 5.32 Å². The summed E-state index contributed by atoms with van der Waals surface area (Å²) in [6.45, 7) is 4.51. The molecule has 0 atom stereocenters. The lowest BCUT2D eigenvalue weighted by molar-refractivity contribution is 0.396. The fourth-order valence-electron chi connectivity index (χ4n) is 1.40. The number of hydrogen-bond acceptors (Lipinski definition) is 3. The summed E-state index contributed by atoms with van der Waals surface area (Å²) in [5, 5.41) is 22.3. The van der Waals surface area contributed by atoms with Crippen molar-refractivity contribution in [2.75, 3.05) is 13.6 Å². The number of aryl methyl sites for hydroxylation is 1. The Labute approximate surface area is 84.4 Å². The minimum atomic E-state index is 0.0103. The first-order valence-electron chi connectivity index (χ1n) is 4.73. The van der Waals surface area contributed by atoms with E-state index < -0.39 is 0 Å². The molecule has 1 aromatic rings. The van der Waals surface area contributed by atoms with E-state index in [-0.39, 0.29) is 11.5 Å². The summed E-state index contributed by atoms with van der Waals surface area (Å²) in [6, 6.07) is 1.92. The van der Waals surface area contributed by atoms with Crippen LogP contribution in [0.4, 0.5) is 0 Å². The van der Waals surface area contributed by atoms with E-state index in [9.17, 15) is 10.2 Å². The third kappa shape index (κ3) is 1.99. The number of likely N-dealkylation sites (N-methyl/N-ethyl adjacent to an activating group) is 1. The summed E-state index contributed by atoms with van der Waals surface area (Å²) in [7, 11) is 1.86. The van der Waals surface area contributed by atoms with Gasteiger partial charge in [0.25, 0.3) is 0 Å². The molecule has 0 fully saturated rings. The van der Waals surface area contributed by atoms with Crippen LogP contribution in [0.2, 0.25) is 0 Å². The van der Waals surface area contributed by atoms with Crippen LogP contribution < -0.4 is 5.32 Å². The lowest BCUT2D eigenvalue weighted by Gasteiger charge is -2.11. The van der Waals surface area contributed by atoms with Crippen molar-refractivity contribution >= 4 is 0 Å². The van der Waals surface area contributed by atoms with Crippen LogP contribution in [0.1, 0.15) is 16.7 Å². The summed E-state index contributed by atoms with van der Waals surface area (Å²) in [5.41, 5.74) is 2.54. The Morgan fingerprint density at radius 1 is 1.21 bits per heavy atom. The number of nitrogens with one attached hydrogen (secondary N) is 1. The lowest BCUT2D eigenvalue weighted by Crippen LogP contribution is -2.10. The summed E-state index contributed by atoms with van der Waals surface area (Å²) in [5.74, 6) is 0.0273. The Morgan fingerprint density at radius 2 is 1.86 bits per heavy atom. The van der Waals surface area contributed by atoms with Gasteiger partial charge in [-0.05, 0) is 50.6 Å². The molecule has 0 saturated heterocycles. The van der Waals surface area contributed by atoms with Crippen molar-refractivity contribution in [3.05, 3.63) is 22.8 Å². The molecule has 0 amide bonds. The van der Waals surface area contributed by atoms with E-state index in [0.717, 1.165) is 29.7 Å². The molecule has 3 heteroatoms. The first-order chi connectivity index (χ1) is 6.57. The fraction of sp³-hybridized carbons (Fsp3) is 0.455. The summed E-state index contributed by atoms with van der Waals surface area (Å²) in [4.78, 5) is 0. The van der Waals surface area contributed by atoms with Crippen molar-refractivity contribution < 1.29 is 10.2 Å². The molecule has 78 valence electrons. The van der Waals surface area contributed by atoms with E-state index in [4.69, 9.17) is 0 Å². The van der Waals surface area contributed by atoms with Crippen LogP contribution >= 0.6 is 0 Å². The molecular formula is C11H17NO2. The van der Waals surface area contributed by atoms with Gasteiger partial charge in [-0.25, -0.2) is 0 Å². The topological polar surface area (TPSA) is 52.5 Å². The SMILES string of the molecule is CNCCc1cc(C)c(C)c(O)c1O. The van der Waals surface area contributed by atoms with E-state index in [1.165, 1.54) is 0 Å². The third-order valence-electron chi connectivity index (χ3n) is 2.51. The second-order valence-corrected chi connectivity index (χ2v) is 3.53. The molecule has 0 bridgehead atoms. The highest BCUT2D eigenvalue weighted by molar-refractivity contribution is 5.53. The molecule has 0 spiro atoms. The zero-order valence-electron chi connectivity index (χ0n) is 8.89. The van der Waals surface area contributed by atoms with Crippen molar-refractivity contribution in [2.24, 2.45) is 0 Å². The molecule has 0 aliphatic rings. The minimum absolute atomic E-state index is 0.0103. The van der Waals surface area contributed by atoms with Gasteiger partial charge < -0.3 is 15.5 Å². The van der Waals surface area contributed by atoms with E-state index in [1.807, 2.05) is 20.0 Å². The molecule has 0 unspecified atom stereocenters. The zero-order chi connectivity index (χ0) is 10.7. The number of phenols is 2. The maximum Gasteiger partial charge on any atom is 0.161 e. The van der Waals surface area contributed by atoms with Crippen molar-refractivity contribution in [1.29, 1.82) is 0 Å². The van der Waals surface area contributed by atoms with Gasteiger partial charge in [-0.15, -0.1) is 0 Å². The van der Waals surface area contributed by atoms with Crippen molar-refractivity contribution in [3.8, 4) is 11.5 Å². The quantitative estimate of drug-likeness (QED) is 0.640. The molecule has 0 aliphatic carbocycles. The maximum atomic E-state index is 9.65. The number of benzene rings is 1. The van der Waals surface area contributed by atoms with Crippen LogP contribution in [0.15, 0.2) is 6.07 Å². The van der Waals surface area contributed by atoms with Gasteiger partial charge in [0.1, 0.15) is 0 Å². The molecular weight excluding hydrogens is 178 g/mol. The summed E-state index contributed by atoms with van der Waals surface area (Å²) in [6.07, 6.45) is 0.719. The van der Waals surface area contributed by atoms with Crippen molar-refractivity contribution in [1.82, 2.24) is 5.32 Å². The van der Waals surface area contributed by atoms with Gasteiger partial charge in [0, 0.05) is 0 Å². The largest absolute Gasteiger partial charge is 0.504 e. The highest BCUT2D eigenvalue weighted by atomic mass is 16.3. The van der Waals surface area contributed by atoms with Crippen LogP contribution in [0.3, 0.4) is 0 Å².